The minimum Gasteiger partial charge on any atom is -0.380 e. The summed E-state index contributed by atoms with van der Waals surface area (Å²) < 4.78 is 5.38. The van der Waals surface area contributed by atoms with E-state index in [1.54, 1.807) is 0 Å². The van der Waals surface area contributed by atoms with E-state index in [0.717, 1.165) is 19.6 Å². The Bertz CT molecular complexity index is 286. The zero-order valence-electron chi connectivity index (χ0n) is 9.92. The summed E-state index contributed by atoms with van der Waals surface area (Å²) in [6.45, 7) is 7.87. The highest BCUT2D eigenvalue weighted by Crippen LogP contribution is 2.16. The predicted molar refractivity (Wildman–Crippen MR) is 65.4 cm³/mol. The monoisotopic (exact) mass is 207 g/mol. The Balaban J connectivity index is 2.55. The van der Waals surface area contributed by atoms with Crippen LogP contribution in [0.5, 0.6) is 0 Å². The van der Waals surface area contributed by atoms with E-state index in [1.165, 1.54) is 11.3 Å². The quantitative estimate of drug-likeness (QED) is 0.774. The Kier molecular flexibility index (Phi) is 5.19. The molecule has 1 N–H and O–H groups in total. The second-order valence-electron chi connectivity index (χ2n) is 3.72. The second kappa shape index (κ2) is 6.46. The van der Waals surface area contributed by atoms with Gasteiger partial charge in [0.15, 0.2) is 0 Å². The molecule has 0 aliphatic rings. The van der Waals surface area contributed by atoms with Gasteiger partial charge in [0.1, 0.15) is 0 Å². The zero-order valence-corrected chi connectivity index (χ0v) is 9.92. The van der Waals surface area contributed by atoms with Gasteiger partial charge < -0.3 is 10.1 Å². The molecule has 1 atom stereocenters. The number of para-hydroxylation sites is 1. The van der Waals surface area contributed by atoms with E-state index in [9.17, 15) is 0 Å². The molecule has 0 heterocycles. The second-order valence-corrected chi connectivity index (χ2v) is 3.72. The number of anilines is 1. The van der Waals surface area contributed by atoms with Crippen molar-refractivity contribution in [2.75, 3.05) is 18.5 Å². The number of rotatable bonds is 6. The van der Waals surface area contributed by atoms with Crippen molar-refractivity contribution in [2.24, 2.45) is 0 Å². The summed E-state index contributed by atoms with van der Waals surface area (Å²) in [6, 6.07) is 8.79. The summed E-state index contributed by atoms with van der Waals surface area (Å²) in [6.07, 6.45) is 1.06. The van der Waals surface area contributed by atoms with Gasteiger partial charge in [-0.2, -0.15) is 0 Å². The molecule has 0 aromatic heterocycles. The van der Waals surface area contributed by atoms with Gasteiger partial charge in [0.05, 0.1) is 6.61 Å². The number of nitrogens with one attached hydrogen (secondary N) is 1. The smallest absolute Gasteiger partial charge is 0.0664 e. The van der Waals surface area contributed by atoms with Gasteiger partial charge in [-0.25, -0.2) is 0 Å². The van der Waals surface area contributed by atoms with Crippen molar-refractivity contribution in [3.8, 4) is 0 Å². The summed E-state index contributed by atoms with van der Waals surface area (Å²) in [5.41, 5.74) is 2.59. The molecular weight excluding hydrogens is 186 g/mol. The van der Waals surface area contributed by atoms with Crippen LogP contribution in [0.2, 0.25) is 0 Å². The van der Waals surface area contributed by atoms with Crippen LogP contribution in [0.1, 0.15) is 26.3 Å². The molecule has 0 bridgehead atoms. The maximum atomic E-state index is 5.38. The van der Waals surface area contributed by atoms with Crippen LogP contribution in [-0.4, -0.2) is 19.3 Å². The Morgan fingerprint density at radius 1 is 1.27 bits per heavy atom. The Morgan fingerprint density at radius 3 is 2.67 bits per heavy atom. The Labute approximate surface area is 92.6 Å². The number of hydrogen-bond acceptors (Lipinski definition) is 2. The lowest BCUT2D eigenvalue weighted by molar-refractivity contribution is 0.141. The summed E-state index contributed by atoms with van der Waals surface area (Å²) in [5, 5.41) is 3.47. The molecule has 2 nitrogen and oxygen atoms in total. The first-order valence-electron chi connectivity index (χ1n) is 5.70. The van der Waals surface area contributed by atoms with Gasteiger partial charge in [0, 0.05) is 18.3 Å². The van der Waals surface area contributed by atoms with Crippen molar-refractivity contribution in [1.82, 2.24) is 0 Å². The third-order valence-electron chi connectivity index (χ3n) is 2.37. The molecule has 1 aromatic rings. The van der Waals surface area contributed by atoms with Crippen molar-refractivity contribution in [1.29, 1.82) is 0 Å². The highest BCUT2D eigenvalue weighted by atomic mass is 16.5. The van der Waals surface area contributed by atoms with Crippen LogP contribution in [-0.2, 0) is 11.2 Å². The Morgan fingerprint density at radius 2 is 2.00 bits per heavy atom. The minimum absolute atomic E-state index is 0.359. The van der Waals surface area contributed by atoms with Crippen molar-refractivity contribution in [3.63, 3.8) is 0 Å². The van der Waals surface area contributed by atoms with Gasteiger partial charge in [-0.1, -0.05) is 25.1 Å². The number of aryl methyl sites for hydroxylation is 1. The summed E-state index contributed by atoms with van der Waals surface area (Å²) in [4.78, 5) is 0. The predicted octanol–water partition coefficient (Wildman–Crippen LogP) is 3.09. The lowest BCUT2D eigenvalue weighted by Gasteiger charge is -2.17. The molecule has 0 aliphatic heterocycles. The molecule has 0 radical (unpaired) electrons. The van der Waals surface area contributed by atoms with E-state index in [2.05, 4.69) is 43.4 Å². The van der Waals surface area contributed by atoms with E-state index in [1.807, 2.05) is 6.92 Å². The molecular formula is C13H21NO. The van der Waals surface area contributed by atoms with E-state index in [0.29, 0.717) is 6.04 Å². The van der Waals surface area contributed by atoms with Crippen molar-refractivity contribution in [2.45, 2.75) is 33.2 Å². The molecule has 1 aromatic carbocycles. The number of ether oxygens (including phenoxy) is 1. The van der Waals surface area contributed by atoms with Gasteiger partial charge >= 0.3 is 0 Å². The molecule has 0 aliphatic carbocycles. The maximum absolute atomic E-state index is 5.38. The van der Waals surface area contributed by atoms with Gasteiger partial charge in [0.25, 0.3) is 0 Å². The fourth-order valence-electron chi connectivity index (χ4n) is 1.57. The zero-order chi connectivity index (χ0) is 11.1. The standard InChI is InChI=1S/C13H21NO/c1-4-12-8-6-7-9-13(12)14-11(3)10-15-5-2/h6-9,11,14H,4-5,10H2,1-3H3. The largest absolute Gasteiger partial charge is 0.380 e. The fourth-order valence-corrected chi connectivity index (χ4v) is 1.57. The van der Waals surface area contributed by atoms with Gasteiger partial charge in [-0.3, -0.25) is 0 Å². The first-order valence-corrected chi connectivity index (χ1v) is 5.70. The molecule has 1 rings (SSSR count). The van der Waals surface area contributed by atoms with Crippen LogP contribution in [0, 0.1) is 0 Å². The molecule has 0 saturated carbocycles. The van der Waals surface area contributed by atoms with E-state index >= 15 is 0 Å². The molecule has 2 heteroatoms. The summed E-state index contributed by atoms with van der Waals surface area (Å²) in [5.74, 6) is 0. The SMILES string of the molecule is CCOCC(C)Nc1ccccc1CC. The van der Waals surface area contributed by atoms with Crippen LogP contribution in [0.15, 0.2) is 24.3 Å². The average molecular weight is 207 g/mol. The first kappa shape index (κ1) is 12.1. The number of hydrogen-bond donors (Lipinski definition) is 1. The van der Waals surface area contributed by atoms with Gasteiger partial charge in [-0.05, 0) is 31.9 Å². The van der Waals surface area contributed by atoms with Crippen LogP contribution >= 0.6 is 0 Å². The Hall–Kier alpha value is -1.02. The van der Waals surface area contributed by atoms with E-state index < -0.39 is 0 Å². The summed E-state index contributed by atoms with van der Waals surface area (Å²) >= 11 is 0. The lowest BCUT2D eigenvalue weighted by atomic mass is 10.1. The molecule has 0 spiro atoms. The van der Waals surface area contributed by atoms with Crippen molar-refractivity contribution < 1.29 is 4.74 Å². The lowest BCUT2D eigenvalue weighted by Crippen LogP contribution is -2.22. The highest BCUT2D eigenvalue weighted by molar-refractivity contribution is 5.51. The molecule has 84 valence electrons. The van der Waals surface area contributed by atoms with Gasteiger partial charge in [-0.15, -0.1) is 0 Å². The molecule has 15 heavy (non-hydrogen) atoms. The highest BCUT2D eigenvalue weighted by Gasteiger charge is 2.04. The first-order chi connectivity index (χ1) is 7.27. The van der Waals surface area contributed by atoms with E-state index in [4.69, 9.17) is 4.74 Å². The maximum Gasteiger partial charge on any atom is 0.0664 e. The topological polar surface area (TPSA) is 21.3 Å². The normalized spacial score (nSPS) is 12.5. The van der Waals surface area contributed by atoms with Crippen molar-refractivity contribution >= 4 is 5.69 Å². The fraction of sp³-hybridized carbons (Fsp3) is 0.538. The van der Waals surface area contributed by atoms with Crippen LogP contribution in [0.4, 0.5) is 5.69 Å². The van der Waals surface area contributed by atoms with Crippen LogP contribution in [0.3, 0.4) is 0 Å². The van der Waals surface area contributed by atoms with Crippen LogP contribution in [0.25, 0.3) is 0 Å². The third kappa shape index (κ3) is 3.92. The van der Waals surface area contributed by atoms with Crippen molar-refractivity contribution in [3.05, 3.63) is 29.8 Å². The molecule has 0 fully saturated rings. The number of benzene rings is 1. The average Bonchev–Trinajstić information content (AvgIpc) is 2.27. The molecule has 1 unspecified atom stereocenters. The van der Waals surface area contributed by atoms with E-state index in [-0.39, 0.29) is 0 Å². The van der Waals surface area contributed by atoms with Gasteiger partial charge in [0.2, 0.25) is 0 Å². The molecule has 0 amide bonds. The minimum atomic E-state index is 0.359. The van der Waals surface area contributed by atoms with Crippen LogP contribution < -0.4 is 5.32 Å². The third-order valence-corrected chi connectivity index (χ3v) is 2.37. The molecule has 0 saturated heterocycles. The summed E-state index contributed by atoms with van der Waals surface area (Å²) in [7, 11) is 0.